The van der Waals surface area contributed by atoms with Crippen LogP contribution in [0.3, 0.4) is 0 Å². The summed E-state index contributed by atoms with van der Waals surface area (Å²) in [4.78, 5) is 19.7. The Morgan fingerprint density at radius 3 is 2.44 bits per heavy atom. The fourth-order valence-corrected chi connectivity index (χ4v) is 4.74. The first-order chi connectivity index (χ1) is 15.3. The van der Waals surface area contributed by atoms with Gasteiger partial charge in [-0.1, -0.05) is 30.3 Å². The van der Waals surface area contributed by atoms with E-state index >= 15 is 0 Å². The fraction of sp³-hybridized carbons (Fsp3) is 0.481. The molecule has 1 saturated heterocycles. The second-order valence-corrected chi connectivity index (χ2v) is 9.96. The molecule has 2 aromatic carbocycles. The van der Waals surface area contributed by atoms with Crippen LogP contribution in [-0.4, -0.2) is 39.0 Å². The Morgan fingerprint density at radius 2 is 1.75 bits per heavy atom. The molecule has 5 heteroatoms. The van der Waals surface area contributed by atoms with E-state index in [1.165, 1.54) is 11.1 Å². The number of fused-ring (bicyclic) bond motifs is 1. The van der Waals surface area contributed by atoms with E-state index in [1.807, 2.05) is 11.0 Å². The minimum absolute atomic E-state index is 0.139. The molecule has 0 saturated carbocycles. The summed E-state index contributed by atoms with van der Waals surface area (Å²) >= 11 is 0. The standard InChI is InChI=1S/C27H35N3O2/c1-19-11-10-12-20(2)25(19)32-16-9-8-15-29-23-14-7-6-13-22(23)28-26(29)21-17-24(31)30(18-21)27(3,4)5/h6-7,10-14,21H,8-9,15-18H2,1-5H3. The summed E-state index contributed by atoms with van der Waals surface area (Å²) in [5.74, 6) is 2.41. The Bertz CT molecular complexity index is 1090. The topological polar surface area (TPSA) is 47.4 Å². The average Bonchev–Trinajstić information content (AvgIpc) is 3.30. The molecule has 4 rings (SSSR count). The molecule has 2 heterocycles. The number of aryl methyl sites for hydroxylation is 3. The van der Waals surface area contributed by atoms with Gasteiger partial charge < -0.3 is 14.2 Å². The molecule has 0 N–H and O–H groups in total. The van der Waals surface area contributed by atoms with Crippen molar-refractivity contribution in [2.75, 3.05) is 13.2 Å². The van der Waals surface area contributed by atoms with Gasteiger partial charge in [-0.05, 0) is 70.7 Å². The lowest BCUT2D eigenvalue weighted by atomic mass is 10.1. The van der Waals surface area contributed by atoms with Gasteiger partial charge in [0.1, 0.15) is 11.6 Å². The van der Waals surface area contributed by atoms with Gasteiger partial charge in [0.25, 0.3) is 0 Å². The highest BCUT2D eigenvalue weighted by Gasteiger charge is 2.38. The molecular formula is C27H35N3O2. The van der Waals surface area contributed by atoms with Crippen molar-refractivity contribution in [2.24, 2.45) is 0 Å². The zero-order chi connectivity index (χ0) is 22.9. The van der Waals surface area contributed by atoms with Crippen molar-refractivity contribution >= 4 is 16.9 Å². The molecule has 0 bridgehead atoms. The number of hydrogen-bond donors (Lipinski definition) is 0. The Hall–Kier alpha value is -2.82. The molecule has 1 fully saturated rings. The second-order valence-electron chi connectivity index (χ2n) is 9.96. The number of hydrogen-bond acceptors (Lipinski definition) is 3. The highest BCUT2D eigenvalue weighted by molar-refractivity contribution is 5.81. The van der Waals surface area contributed by atoms with Crippen LogP contribution in [0.1, 0.15) is 62.9 Å². The fourth-order valence-electron chi connectivity index (χ4n) is 4.74. The molecule has 3 aromatic rings. The summed E-state index contributed by atoms with van der Waals surface area (Å²) in [5.41, 5.74) is 4.37. The van der Waals surface area contributed by atoms with Crippen LogP contribution in [0, 0.1) is 13.8 Å². The SMILES string of the molecule is Cc1cccc(C)c1OCCCCn1c(C2CC(=O)N(C(C)(C)C)C2)nc2ccccc21. The molecule has 1 atom stereocenters. The van der Waals surface area contributed by atoms with Gasteiger partial charge >= 0.3 is 0 Å². The third-order valence-electron chi connectivity index (χ3n) is 6.42. The van der Waals surface area contributed by atoms with Crippen molar-refractivity contribution in [3.05, 3.63) is 59.4 Å². The van der Waals surface area contributed by atoms with Crippen molar-refractivity contribution in [2.45, 2.75) is 71.9 Å². The molecule has 1 aliphatic rings. The van der Waals surface area contributed by atoms with Crippen LogP contribution in [0.5, 0.6) is 5.75 Å². The van der Waals surface area contributed by atoms with Gasteiger partial charge in [0.15, 0.2) is 0 Å². The number of unbranched alkanes of at least 4 members (excludes halogenated alkanes) is 1. The highest BCUT2D eigenvalue weighted by Crippen LogP contribution is 2.34. The van der Waals surface area contributed by atoms with Gasteiger partial charge in [0.2, 0.25) is 5.91 Å². The van der Waals surface area contributed by atoms with Crippen LogP contribution < -0.4 is 4.74 Å². The lowest BCUT2D eigenvalue weighted by Gasteiger charge is -2.32. The summed E-state index contributed by atoms with van der Waals surface area (Å²) < 4.78 is 8.43. The Balaban J connectivity index is 1.46. The molecule has 1 aromatic heterocycles. The van der Waals surface area contributed by atoms with Crippen LogP contribution in [0.25, 0.3) is 11.0 Å². The number of carbonyl (C=O) groups excluding carboxylic acids is 1. The molecule has 5 nitrogen and oxygen atoms in total. The number of ether oxygens (including phenoxy) is 1. The first-order valence-electron chi connectivity index (χ1n) is 11.7. The molecule has 1 amide bonds. The quantitative estimate of drug-likeness (QED) is 0.454. The number of imidazole rings is 1. The Morgan fingerprint density at radius 1 is 1.03 bits per heavy atom. The molecule has 0 radical (unpaired) electrons. The molecule has 1 aliphatic heterocycles. The predicted octanol–water partition coefficient (Wildman–Crippen LogP) is 5.63. The predicted molar refractivity (Wildman–Crippen MR) is 129 cm³/mol. The minimum Gasteiger partial charge on any atom is -0.493 e. The smallest absolute Gasteiger partial charge is 0.223 e. The third kappa shape index (κ3) is 4.52. The molecule has 0 spiro atoms. The van der Waals surface area contributed by atoms with E-state index in [1.54, 1.807) is 0 Å². The van der Waals surface area contributed by atoms with Crippen LogP contribution in [0.15, 0.2) is 42.5 Å². The van der Waals surface area contributed by atoms with E-state index in [0.717, 1.165) is 48.5 Å². The average molecular weight is 434 g/mol. The van der Waals surface area contributed by atoms with Gasteiger partial charge in [-0.15, -0.1) is 0 Å². The maximum absolute atomic E-state index is 12.7. The first-order valence-corrected chi connectivity index (χ1v) is 11.7. The van der Waals surface area contributed by atoms with Gasteiger partial charge in [0.05, 0.1) is 17.6 Å². The largest absolute Gasteiger partial charge is 0.493 e. The molecule has 1 unspecified atom stereocenters. The van der Waals surface area contributed by atoms with E-state index in [2.05, 4.69) is 75.6 Å². The first kappa shape index (κ1) is 22.4. The number of likely N-dealkylation sites (tertiary alicyclic amines) is 1. The van der Waals surface area contributed by atoms with Crippen molar-refractivity contribution < 1.29 is 9.53 Å². The van der Waals surface area contributed by atoms with Gasteiger partial charge in [-0.25, -0.2) is 4.98 Å². The van der Waals surface area contributed by atoms with E-state index in [9.17, 15) is 4.79 Å². The van der Waals surface area contributed by atoms with Crippen LogP contribution in [-0.2, 0) is 11.3 Å². The van der Waals surface area contributed by atoms with Gasteiger partial charge in [-0.2, -0.15) is 0 Å². The number of carbonyl (C=O) groups is 1. The second kappa shape index (κ2) is 8.97. The summed E-state index contributed by atoms with van der Waals surface area (Å²) in [7, 11) is 0. The van der Waals surface area contributed by atoms with Crippen molar-refractivity contribution in [3.8, 4) is 5.75 Å². The number of rotatable bonds is 7. The maximum Gasteiger partial charge on any atom is 0.223 e. The summed E-state index contributed by atoms with van der Waals surface area (Å²) in [6.45, 7) is 12.8. The number of nitrogens with zero attached hydrogens (tertiary/aromatic N) is 3. The normalized spacial score (nSPS) is 16.8. The lowest BCUT2D eigenvalue weighted by Crippen LogP contribution is -2.42. The molecule has 0 aliphatic carbocycles. The lowest BCUT2D eigenvalue weighted by molar-refractivity contribution is -0.131. The van der Waals surface area contributed by atoms with Crippen LogP contribution in [0.4, 0.5) is 0 Å². The monoisotopic (exact) mass is 433 g/mol. The minimum atomic E-state index is -0.159. The van der Waals surface area contributed by atoms with E-state index in [0.29, 0.717) is 13.0 Å². The maximum atomic E-state index is 12.7. The number of para-hydroxylation sites is 3. The molecule has 170 valence electrons. The highest BCUT2D eigenvalue weighted by atomic mass is 16.5. The van der Waals surface area contributed by atoms with Crippen molar-refractivity contribution in [1.82, 2.24) is 14.5 Å². The Kier molecular flexibility index (Phi) is 6.27. The zero-order valence-electron chi connectivity index (χ0n) is 20.0. The molecule has 32 heavy (non-hydrogen) atoms. The van der Waals surface area contributed by atoms with Crippen LogP contribution >= 0.6 is 0 Å². The number of amides is 1. The van der Waals surface area contributed by atoms with Crippen molar-refractivity contribution in [1.29, 1.82) is 0 Å². The Labute approximate surface area is 191 Å². The van der Waals surface area contributed by atoms with Gasteiger partial charge in [0, 0.05) is 31.0 Å². The number of benzene rings is 2. The summed E-state index contributed by atoms with van der Waals surface area (Å²) in [5, 5.41) is 0. The third-order valence-corrected chi connectivity index (χ3v) is 6.42. The van der Waals surface area contributed by atoms with Crippen LogP contribution in [0.2, 0.25) is 0 Å². The summed E-state index contributed by atoms with van der Waals surface area (Å²) in [6, 6.07) is 14.6. The van der Waals surface area contributed by atoms with E-state index in [-0.39, 0.29) is 17.4 Å². The van der Waals surface area contributed by atoms with E-state index < -0.39 is 0 Å². The van der Waals surface area contributed by atoms with Crippen molar-refractivity contribution in [3.63, 3.8) is 0 Å². The molecular weight excluding hydrogens is 398 g/mol. The summed E-state index contributed by atoms with van der Waals surface area (Å²) in [6.07, 6.45) is 2.51. The van der Waals surface area contributed by atoms with Gasteiger partial charge in [-0.3, -0.25) is 4.79 Å². The van der Waals surface area contributed by atoms with E-state index in [4.69, 9.17) is 9.72 Å². The zero-order valence-corrected chi connectivity index (χ0v) is 20.0. The number of aromatic nitrogens is 2.